The van der Waals surface area contributed by atoms with Crippen molar-refractivity contribution in [1.82, 2.24) is 4.90 Å². The van der Waals surface area contributed by atoms with Crippen LogP contribution in [-0.4, -0.2) is 41.7 Å². The Balaban J connectivity index is 1.67. The van der Waals surface area contributed by atoms with E-state index in [0.29, 0.717) is 13.1 Å². The third-order valence-electron chi connectivity index (χ3n) is 4.39. The normalized spacial score (nSPS) is 16.8. The van der Waals surface area contributed by atoms with E-state index in [4.69, 9.17) is 4.74 Å². The second kappa shape index (κ2) is 8.78. The highest BCUT2D eigenvalue weighted by Gasteiger charge is 2.22. The van der Waals surface area contributed by atoms with Crippen LogP contribution < -0.4 is 5.32 Å². The number of benzene rings is 2. The number of carbonyl (C=O) groups is 1. The van der Waals surface area contributed by atoms with Crippen molar-refractivity contribution < 1.29 is 19.0 Å². The van der Waals surface area contributed by atoms with Gasteiger partial charge in [0.05, 0.1) is 18.3 Å². The number of carbonyl (C=O) groups excluding carboxylic acids is 1. The molecule has 1 aliphatic rings. The molecule has 1 saturated heterocycles. The zero-order chi connectivity index (χ0) is 18.4. The zero-order valence-corrected chi connectivity index (χ0v) is 14.5. The topological polar surface area (TPSA) is 61.8 Å². The van der Waals surface area contributed by atoms with Crippen LogP contribution in [0.15, 0.2) is 48.5 Å². The molecule has 1 atom stereocenters. The molecule has 138 valence electrons. The average molecular weight is 358 g/mol. The van der Waals surface area contributed by atoms with Gasteiger partial charge in [-0.25, -0.2) is 4.39 Å². The van der Waals surface area contributed by atoms with Crippen LogP contribution in [0.1, 0.15) is 18.4 Å². The standard InChI is InChI=1S/C20H23FN2O3/c21-17-8-2-3-9-18(17)22-20(25)14-23(13-16-7-5-11-26-16)12-15-6-1-4-10-19(15)24/h1-4,6,8-10,16,24H,5,7,11-14H2,(H,22,25). The van der Waals surface area contributed by atoms with Gasteiger partial charge in [-0.3, -0.25) is 9.69 Å². The molecular weight excluding hydrogens is 335 g/mol. The molecule has 0 aromatic heterocycles. The maximum absolute atomic E-state index is 13.7. The molecule has 5 nitrogen and oxygen atoms in total. The van der Waals surface area contributed by atoms with E-state index in [-0.39, 0.29) is 30.0 Å². The molecule has 1 aliphatic heterocycles. The number of hydrogen-bond acceptors (Lipinski definition) is 4. The van der Waals surface area contributed by atoms with Gasteiger partial charge in [0.1, 0.15) is 11.6 Å². The van der Waals surface area contributed by atoms with Crippen molar-refractivity contribution in [2.24, 2.45) is 0 Å². The summed E-state index contributed by atoms with van der Waals surface area (Å²) in [4.78, 5) is 14.3. The van der Waals surface area contributed by atoms with E-state index in [0.717, 1.165) is 25.0 Å². The number of amides is 1. The van der Waals surface area contributed by atoms with Crippen molar-refractivity contribution in [2.45, 2.75) is 25.5 Å². The predicted molar refractivity (Wildman–Crippen MR) is 97.4 cm³/mol. The summed E-state index contributed by atoms with van der Waals surface area (Å²) >= 11 is 0. The Morgan fingerprint density at radius 1 is 1.23 bits per heavy atom. The fourth-order valence-electron chi connectivity index (χ4n) is 3.10. The molecule has 26 heavy (non-hydrogen) atoms. The smallest absolute Gasteiger partial charge is 0.238 e. The summed E-state index contributed by atoms with van der Waals surface area (Å²) in [6, 6.07) is 13.1. The van der Waals surface area contributed by atoms with Gasteiger partial charge in [-0.15, -0.1) is 0 Å². The van der Waals surface area contributed by atoms with Gasteiger partial charge < -0.3 is 15.2 Å². The summed E-state index contributed by atoms with van der Waals surface area (Å²) in [5.41, 5.74) is 0.904. The van der Waals surface area contributed by atoms with Gasteiger partial charge >= 0.3 is 0 Å². The minimum atomic E-state index is -0.466. The summed E-state index contributed by atoms with van der Waals surface area (Å²) in [7, 11) is 0. The molecule has 3 rings (SSSR count). The fourth-order valence-corrected chi connectivity index (χ4v) is 3.10. The van der Waals surface area contributed by atoms with Crippen molar-refractivity contribution >= 4 is 11.6 Å². The highest BCUT2D eigenvalue weighted by atomic mass is 19.1. The number of ether oxygens (including phenoxy) is 1. The van der Waals surface area contributed by atoms with Crippen molar-refractivity contribution in [3.05, 3.63) is 59.9 Å². The SMILES string of the molecule is O=C(CN(Cc1ccccc1O)CC1CCCO1)Nc1ccccc1F. The first-order valence-electron chi connectivity index (χ1n) is 8.77. The lowest BCUT2D eigenvalue weighted by Gasteiger charge is -2.25. The van der Waals surface area contributed by atoms with E-state index in [1.807, 2.05) is 17.0 Å². The van der Waals surface area contributed by atoms with Gasteiger partial charge in [0.15, 0.2) is 0 Å². The average Bonchev–Trinajstić information content (AvgIpc) is 3.12. The van der Waals surface area contributed by atoms with Crippen LogP contribution in [0, 0.1) is 5.82 Å². The third-order valence-corrected chi connectivity index (χ3v) is 4.39. The summed E-state index contributed by atoms with van der Waals surface area (Å²) < 4.78 is 19.4. The van der Waals surface area contributed by atoms with E-state index in [1.54, 1.807) is 24.3 Å². The summed E-state index contributed by atoms with van der Waals surface area (Å²) in [6.45, 7) is 1.81. The van der Waals surface area contributed by atoms with Gasteiger partial charge in [0.25, 0.3) is 0 Å². The summed E-state index contributed by atoms with van der Waals surface area (Å²) in [5, 5.41) is 12.6. The Hall–Kier alpha value is -2.44. The van der Waals surface area contributed by atoms with E-state index in [1.165, 1.54) is 12.1 Å². The van der Waals surface area contributed by atoms with Crippen molar-refractivity contribution in [2.75, 3.05) is 25.0 Å². The van der Waals surface area contributed by atoms with Gasteiger partial charge in [-0.2, -0.15) is 0 Å². The van der Waals surface area contributed by atoms with Crippen molar-refractivity contribution in [1.29, 1.82) is 0 Å². The monoisotopic (exact) mass is 358 g/mol. The highest BCUT2D eigenvalue weighted by Crippen LogP contribution is 2.20. The number of rotatable bonds is 7. The van der Waals surface area contributed by atoms with Gasteiger partial charge in [-0.1, -0.05) is 30.3 Å². The quantitative estimate of drug-likeness (QED) is 0.798. The van der Waals surface area contributed by atoms with E-state index >= 15 is 0 Å². The van der Waals surface area contributed by atoms with Gasteiger partial charge in [0, 0.05) is 25.3 Å². The van der Waals surface area contributed by atoms with Gasteiger partial charge in [0.2, 0.25) is 5.91 Å². The number of nitrogens with zero attached hydrogens (tertiary/aromatic N) is 1. The minimum Gasteiger partial charge on any atom is -0.508 e. The molecule has 1 amide bonds. The molecule has 0 aliphatic carbocycles. The molecular formula is C20H23FN2O3. The molecule has 1 unspecified atom stereocenters. The summed E-state index contributed by atoms with van der Waals surface area (Å²) in [5.74, 6) is -0.574. The Morgan fingerprint density at radius 2 is 2.00 bits per heavy atom. The molecule has 0 radical (unpaired) electrons. The number of phenols is 1. The summed E-state index contributed by atoms with van der Waals surface area (Å²) in [6.07, 6.45) is 2.03. The first-order chi connectivity index (χ1) is 12.6. The van der Waals surface area contributed by atoms with E-state index < -0.39 is 5.82 Å². The van der Waals surface area contributed by atoms with Crippen molar-refractivity contribution in [3.63, 3.8) is 0 Å². The number of halogens is 1. The molecule has 2 N–H and O–H groups in total. The molecule has 1 heterocycles. The Kier molecular flexibility index (Phi) is 6.20. The second-order valence-electron chi connectivity index (χ2n) is 6.46. The minimum absolute atomic E-state index is 0.0714. The molecule has 0 saturated carbocycles. The zero-order valence-electron chi connectivity index (χ0n) is 14.5. The maximum atomic E-state index is 13.7. The van der Waals surface area contributed by atoms with Crippen LogP contribution in [0.4, 0.5) is 10.1 Å². The van der Waals surface area contributed by atoms with E-state index in [2.05, 4.69) is 5.32 Å². The van der Waals surface area contributed by atoms with E-state index in [9.17, 15) is 14.3 Å². The number of nitrogens with one attached hydrogen (secondary N) is 1. The molecule has 0 bridgehead atoms. The molecule has 0 spiro atoms. The first kappa shape index (κ1) is 18.4. The lowest BCUT2D eigenvalue weighted by molar-refractivity contribution is -0.117. The highest BCUT2D eigenvalue weighted by molar-refractivity contribution is 5.92. The van der Waals surface area contributed by atoms with Crippen LogP contribution in [-0.2, 0) is 16.1 Å². The lowest BCUT2D eigenvalue weighted by Crippen LogP contribution is -2.38. The third kappa shape index (κ3) is 5.03. The predicted octanol–water partition coefficient (Wildman–Crippen LogP) is 3.15. The number of aromatic hydroxyl groups is 1. The second-order valence-corrected chi connectivity index (χ2v) is 6.46. The van der Waals surface area contributed by atoms with Crippen LogP contribution in [0.5, 0.6) is 5.75 Å². The number of para-hydroxylation sites is 2. The number of anilines is 1. The van der Waals surface area contributed by atoms with Gasteiger partial charge in [-0.05, 0) is 31.0 Å². The Bertz CT molecular complexity index is 747. The number of hydrogen-bond donors (Lipinski definition) is 2. The largest absolute Gasteiger partial charge is 0.508 e. The molecule has 1 fully saturated rings. The maximum Gasteiger partial charge on any atom is 0.238 e. The first-order valence-corrected chi connectivity index (χ1v) is 8.77. The number of phenolic OH excluding ortho intramolecular Hbond substituents is 1. The fraction of sp³-hybridized carbons (Fsp3) is 0.350. The Labute approximate surface area is 152 Å². The molecule has 6 heteroatoms. The molecule has 2 aromatic rings. The van der Waals surface area contributed by atoms with Crippen LogP contribution >= 0.6 is 0 Å². The van der Waals surface area contributed by atoms with Crippen LogP contribution in [0.25, 0.3) is 0 Å². The van der Waals surface area contributed by atoms with Crippen LogP contribution in [0.2, 0.25) is 0 Å². The van der Waals surface area contributed by atoms with Crippen molar-refractivity contribution in [3.8, 4) is 5.75 Å². The van der Waals surface area contributed by atoms with Crippen LogP contribution in [0.3, 0.4) is 0 Å². The Morgan fingerprint density at radius 3 is 2.73 bits per heavy atom. The lowest BCUT2D eigenvalue weighted by atomic mass is 10.1. The molecule has 2 aromatic carbocycles.